The Bertz CT molecular complexity index is 602. The molecule has 1 aliphatic heterocycles. The Hall–Kier alpha value is -1.84. The molecule has 1 aliphatic rings. The van der Waals surface area contributed by atoms with Crippen LogP contribution < -0.4 is 0 Å². The van der Waals surface area contributed by atoms with Gasteiger partial charge in [0.2, 0.25) is 0 Å². The van der Waals surface area contributed by atoms with Crippen LogP contribution in [0.4, 0.5) is 0 Å². The molecule has 2 rings (SSSR count). The van der Waals surface area contributed by atoms with Crippen molar-refractivity contribution in [1.29, 1.82) is 5.26 Å². The lowest BCUT2D eigenvalue weighted by Gasteiger charge is -2.32. The highest BCUT2D eigenvalue weighted by Gasteiger charge is 2.54. The zero-order valence-electron chi connectivity index (χ0n) is 14.3. The lowest BCUT2D eigenvalue weighted by molar-refractivity contribution is -0.140. The molecule has 0 aliphatic carbocycles. The van der Waals surface area contributed by atoms with Crippen molar-refractivity contribution in [2.75, 3.05) is 7.11 Å². The number of hydrogen-bond acceptors (Lipinski definition) is 5. The molecule has 6 heteroatoms. The first-order chi connectivity index (χ1) is 10.7. The van der Waals surface area contributed by atoms with Crippen molar-refractivity contribution in [3.05, 3.63) is 35.4 Å². The van der Waals surface area contributed by atoms with Crippen molar-refractivity contribution < 1.29 is 18.8 Å². The predicted molar refractivity (Wildman–Crippen MR) is 86.6 cm³/mol. The van der Waals surface area contributed by atoms with E-state index in [1.165, 1.54) is 7.11 Å². The van der Waals surface area contributed by atoms with Gasteiger partial charge in [0.1, 0.15) is 0 Å². The van der Waals surface area contributed by atoms with Crippen LogP contribution in [0.3, 0.4) is 0 Å². The summed E-state index contributed by atoms with van der Waals surface area (Å²) in [5.41, 5.74) is 0.504. The lowest BCUT2D eigenvalue weighted by atomic mass is 9.66. The number of hydrogen-bond donors (Lipinski definition) is 0. The monoisotopic (exact) mass is 315 g/mol. The highest BCUT2D eigenvalue weighted by Crippen LogP contribution is 2.41. The third-order valence-corrected chi connectivity index (χ3v) is 4.68. The number of methoxy groups -OCH3 is 1. The molecule has 1 saturated heterocycles. The molecule has 1 fully saturated rings. The summed E-state index contributed by atoms with van der Waals surface area (Å²) in [5, 5.41) is 8.93. The van der Waals surface area contributed by atoms with Crippen LogP contribution >= 0.6 is 0 Å². The first-order valence-electron chi connectivity index (χ1n) is 7.62. The fraction of sp³-hybridized carbons (Fsp3) is 0.529. The van der Waals surface area contributed by atoms with Gasteiger partial charge in [-0.2, -0.15) is 5.26 Å². The van der Waals surface area contributed by atoms with Gasteiger partial charge < -0.3 is 14.0 Å². The van der Waals surface area contributed by atoms with E-state index in [2.05, 4.69) is 6.07 Å². The normalized spacial score (nSPS) is 19.9. The summed E-state index contributed by atoms with van der Waals surface area (Å²) in [6, 6.07) is 9.20. The van der Waals surface area contributed by atoms with Crippen molar-refractivity contribution >= 4 is 13.1 Å². The molecule has 0 bridgehead atoms. The summed E-state index contributed by atoms with van der Waals surface area (Å²) in [5.74, 6) is -0.620. The van der Waals surface area contributed by atoms with E-state index in [1.54, 1.807) is 12.1 Å². The number of nitriles is 1. The zero-order valence-corrected chi connectivity index (χ0v) is 14.3. The number of esters is 1. The summed E-state index contributed by atoms with van der Waals surface area (Å²) in [6.07, 6.45) is 0.152. The van der Waals surface area contributed by atoms with Crippen molar-refractivity contribution in [2.45, 2.75) is 51.1 Å². The minimum atomic E-state index is -0.549. The molecule has 1 unspecified atom stereocenters. The van der Waals surface area contributed by atoms with Gasteiger partial charge in [-0.3, -0.25) is 4.79 Å². The molecule has 1 heterocycles. The molecule has 122 valence electrons. The van der Waals surface area contributed by atoms with Crippen LogP contribution in [-0.4, -0.2) is 31.4 Å². The fourth-order valence-electron chi connectivity index (χ4n) is 2.49. The molecule has 0 saturated carbocycles. The third kappa shape index (κ3) is 3.57. The Balaban J connectivity index is 2.31. The SMILES string of the molecule is COC(=O)CC(B1OC(C)(C)C(C)(C)O1)c1ccc(C#N)cc1. The largest absolute Gasteiger partial charge is 0.469 e. The van der Waals surface area contributed by atoms with Crippen LogP contribution in [0.2, 0.25) is 0 Å². The quantitative estimate of drug-likeness (QED) is 0.631. The maximum atomic E-state index is 11.8. The Kier molecular flexibility index (Phi) is 4.83. The average Bonchev–Trinajstić information content (AvgIpc) is 2.72. The molecule has 1 aromatic rings. The van der Waals surface area contributed by atoms with E-state index in [-0.39, 0.29) is 18.2 Å². The number of carbonyl (C=O) groups excluding carboxylic acids is 1. The van der Waals surface area contributed by atoms with Gasteiger partial charge >= 0.3 is 13.1 Å². The number of rotatable bonds is 4. The minimum absolute atomic E-state index is 0.152. The van der Waals surface area contributed by atoms with Gasteiger partial charge in [-0.05, 0) is 45.4 Å². The lowest BCUT2D eigenvalue weighted by Crippen LogP contribution is -2.41. The topological polar surface area (TPSA) is 68.6 Å². The number of benzene rings is 1. The second kappa shape index (κ2) is 6.35. The first-order valence-corrected chi connectivity index (χ1v) is 7.62. The molecule has 0 N–H and O–H groups in total. The molecule has 0 aromatic heterocycles. The molecular formula is C17H22BNO4. The van der Waals surface area contributed by atoms with Crippen LogP contribution in [0.1, 0.15) is 51.1 Å². The summed E-state index contributed by atoms with van der Waals surface area (Å²) < 4.78 is 17.0. The maximum absolute atomic E-state index is 11.8. The van der Waals surface area contributed by atoms with Crippen molar-refractivity contribution in [3.63, 3.8) is 0 Å². The van der Waals surface area contributed by atoms with E-state index in [4.69, 9.17) is 19.3 Å². The van der Waals surface area contributed by atoms with E-state index < -0.39 is 18.3 Å². The van der Waals surface area contributed by atoms with Crippen LogP contribution in [0, 0.1) is 11.3 Å². The Labute approximate surface area is 137 Å². The van der Waals surface area contributed by atoms with Crippen LogP contribution in [-0.2, 0) is 18.8 Å². The minimum Gasteiger partial charge on any atom is -0.469 e. The van der Waals surface area contributed by atoms with E-state index in [9.17, 15) is 4.79 Å². The predicted octanol–water partition coefficient (Wildman–Crippen LogP) is 2.84. The average molecular weight is 315 g/mol. The van der Waals surface area contributed by atoms with Crippen LogP contribution in [0.5, 0.6) is 0 Å². The molecule has 23 heavy (non-hydrogen) atoms. The summed E-state index contributed by atoms with van der Waals surface area (Å²) in [6.45, 7) is 7.89. The maximum Gasteiger partial charge on any atom is 0.466 e. The number of ether oxygens (including phenoxy) is 1. The summed E-state index contributed by atoms with van der Waals surface area (Å²) in [7, 11) is 0.814. The summed E-state index contributed by atoms with van der Waals surface area (Å²) >= 11 is 0. The molecule has 1 atom stereocenters. The Morgan fingerprint density at radius 1 is 1.22 bits per heavy atom. The van der Waals surface area contributed by atoms with Crippen LogP contribution in [0.25, 0.3) is 0 Å². The molecule has 0 amide bonds. The highest BCUT2D eigenvalue weighted by atomic mass is 16.7. The van der Waals surface area contributed by atoms with E-state index in [1.807, 2.05) is 39.8 Å². The fourth-order valence-corrected chi connectivity index (χ4v) is 2.49. The molecule has 0 spiro atoms. The van der Waals surface area contributed by atoms with Gasteiger partial charge in [-0.25, -0.2) is 0 Å². The number of nitrogens with zero attached hydrogens (tertiary/aromatic N) is 1. The molecule has 0 radical (unpaired) electrons. The molecule has 1 aromatic carbocycles. The Morgan fingerprint density at radius 2 is 1.74 bits per heavy atom. The smallest absolute Gasteiger partial charge is 0.466 e. The van der Waals surface area contributed by atoms with Gasteiger partial charge in [-0.1, -0.05) is 12.1 Å². The second-order valence-corrected chi connectivity index (χ2v) is 6.75. The van der Waals surface area contributed by atoms with E-state index >= 15 is 0 Å². The van der Waals surface area contributed by atoms with Crippen LogP contribution in [0.15, 0.2) is 24.3 Å². The van der Waals surface area contributed by atoms with Crippen molar-refractivity contribution in [1.82, 2.24) is 0 Å². The zero-order chi connectivity index (χ0) is 17.3. The highest BCUT2D eigenvalue weighted by molar-refractivity contribution is 6.48. The Morgan fingerprint density at radius 3 is 2.17 bits per heavy atom. The van der Waals surface area contributed by atoms with Gasteiger partial charge in [-0.15, -0.1) is 0 Å². The van der Waals surface area contributed by atoms with Crippen molar-refractivity contribution in [3.8, 4) is 6.07 Å². The summed E-state index contributed by atoms with van der Waals surface area (Å²) in [4.78, 5) is 11.8. The number of carbonyl (C=O) groups is 1. The van der Waals surface area contributed by atoms with Gasteiger partial charge in [0.15, 0.2) is 0 Å². The second-order valence-electron chi connectivity index (χ2n) is 6.75. The molecule has 5 nitrogen and oxygen atoms in total. The standard InChI is InChI=1S/C17H22BNO4/c1-16(2)17(3,4)23-18(22-16)14(10-15(20)21-5)13-8-6-12(11-19)7-9-13/h6-9,14H,10H2,1-5H3. The van der Waals surface area contributed by atoms with Gasteiger partial charge in [0.25, 0.3) is 0 Å². The van der Waals surface area contributed by atoms with E-state index in [0.29, 0.717) is 5.56 Å². The van der Waals surface area contributed by atoms with Gasteiger partial charge in [0, 0.05) is 5.82 Å². The van der Waals surface area contributed by atoms with Gasteiger partial charge in [0.05, 0.1) is 36.4 Å². The molecular weight excluding hydrogens is 293 g/mol. The van der Waals surface area contributed by atoms with E-state index in [0.717, 1.165) is 5.56 Å². The van der Waals surface area contributed by atoms with Crippen molar-refractivity contribution in [2.24, 2.45) is 0 Å². The third-order valence-electron chi connectivity index (χ3n) is 4.68. The first kappa shape index (κ1) is 17.5.